The van der Waals surface area contributed by atoms with E-state index in [0.717, 1.165) is 38.1 Å². The molecule has 0 aromatic heterocycles. The number of hydrogen-bond donors (Lipinski definition) is 1. The number of hydrogen-bond acceptors (Lipinski definition) is 1. The first-order chi connectivity index (χ1) is 7.72. The van der Waals surface area contributed by atoms with Gasteiger partial charge in [0.1, 0.15) is 0 Å². The molecule has 94 valence electrons. The van der Waals surface area contributed by atoms with Crippen LogP contribution >= 0.6 is 15.9 Å². The number of carbonyl (C=O) groups is 1. The van der Waals surface area contributed by atoms with Crippen molar-refractivity contribution in [3.63, 3.8) is 0 Å². The van der Waals surface area contributed by atoms with Crippen LogP contribution in [-0.2, 0) is 4.79 Å². The lowest BCUT2D eigenvalue weighted by Crippen LogP contribution is -2.26. The quantitative estimate of drug-likeness (QED) is 0.713. The Hall–Kier alpha value is -0.0500. The minimum absolute atomic E-state index is 0.239. The zero-order chi connectivity index (χ0) is 11.8. The number of nitrogens with one attached hydrogen (secondary N) is 1. The molecule has 2 nitrogen and oxygen atoms in total. The molecule has 0 spiro atoms. The smallest absolute Gasteiger partial charge is 0.220 e. The third-order valence-corrected chi connectivity index (χ3v) is 4.58. The van der Waals surface area contributed by atoms with Crippen molar-refractivity contribution in [3.05, 3.63) is 0 Å². The molecular weight excluding hydrogens is 266 g/mol. The van der Waals surface area contributed by atoms with Crippen molar-refractivity contribution >= 4 is 21.8 Å². The van der Waals surface area contributed by atoms with Crippen LogP contribution in [0.4, 0.5) is 0 Å². The monoisotopic (exact) mass is 289 g/mol. The van der Waals surface area contributed by atoms with E-state index in [1.165, 1.54) is 25.7 Å². The van der Waals surface area contributed by atoms with Crippen LogP contribution in [0.25, 0.3) is 0 Å². The van der Waals surface area contributed by atoms with Crippen molar-refractivity contribution in [2.24, 2.45) is 5.92 Å². The first kappa shape index (κ1) is 14.0. The molecule has 1 aliphatic rings. The van der Waals surface area contributed by atoms with Gasteiger partial charge < -0.3 is 5.32 Å². The van der Waals surface area contributed by atoms with E-state index in [4.69, 9.17) is 0 Å². The Bertz CT molecular complexity index is 202. The van der Waals surface area contributed by atoms with Gasteiger partial charge in [0, 0.05) is 17.8 Å². The minimum atomic E-state index is 0.239. The number of alkyl halides is 1. The maximum atomic E-state index is 11.5. The fraction of sp³-hybridized carbons (Fsp3) is 0.923. The highest BCUT2D eigenvalue weighted by Crippen LogP contribution is 2.28. The van der Waals surface area contributed by atoms with Gasteiger partial charge in [-0.1, -0.05) is 48.5 Å². The summed E-state index contributed by atoms with van der Waals surface area (Å²) in [4.78, 5) is 12.1. The number of halogens is 1. The molecule has 16 heavy (non-hydrogen) atoms. The standard InChI is InChI=1S/C13H24BrNO/c1-2-12(14)9-10-15-13(16)8-7-11-5-3-4-6-11/h11-12H,2-10H2,1H3,(H,15,16). The summed E-state index contributed by atoms with van der Waals surface area (Å²) in [6, 6.07) is 0. The molecule has 1 rings (SSSR count). The van der Waals surface area contributed by atoms with Gasteiger partial charge in [0.15, 0.2) is 0 Å². The van der Waals surface area contributed by atoms with E-state index in [2.05, 4.69) is 28.2 Å². The van der Waals surface area contributed by atoms with Gasteiger partial charge in [0.25, 0.3) is 0 Å². The van der Waals surface area contributed by atoms with Crippen molar-refractivity contribution in [2.75, 3.05) is 6.54 Å². The molecule has 1 unspecified atom stereocenters. The zero-order valence-electron chi connectivity index (χ0n) is 10.3. The lowest BCUT2D eigenvalue weighted by molar-refractivity contribution is -0.121. The largest absolute Gasteiger partial charge is 0.356 e. The molecule has 0 heterocycles. The molecule has 3 heteroatoms. The van der Waals surface area contributed by atoms with Crippen LogP contribution in [0, 0.1) is 5.92 Å². The molecule has 0 bridgehead atoms. The average molecular weight is 290 g/mol. The fourth-order valence-corrected chi connectivity index (χ4v) is 2.52. The Morgan fingerprint density at radius 1 is 1.44 bits per heavy atom. The Balaban J connectivity index is 1.97. The van der Waals surface area contributed by atoms with E-state index in [-0.39, 0.29) is 5.91 Å². The van der Waals surface area contributed by atoms with E-state index < -0.39 is 0 Å². The van der Waals surface area contributed by atoms with Gasteiger partial charge in [-0.25, -0.2) is 0 Å². The van der Waals surface area contributed by atoms with Crippen molar-refractivity contribution < 1.29 is 4.79 Å². The Labute approximate surface area is 108 Å². The van der Waals surface area contributed by atoms with Crippen molar-refractivity contribution in [1.29, 1.82) is 0 Å². The third-order valence-electron chi connectivity index (χ3n) is 3.48. The number of amides is 1. The summed E-state index contributed by atoms with van der Waals surface area (Å²) in [7, 11) is 0. The highest BCUT2D eigenvalue weighted by Gasteiger charge is 2.15. The first-order valence-corrected chi connectivity index (χ1v) is 7.54. The highest BCUT2D eigenvalue weighted by molar-refractivity contribution is 9.09. The van der Waals surface area contributed by atoms with Crippen LogP contribution in [0.2, 0.25) is 0 Å². The van der Waals surface area contributed by atoms with E-state index in [0.29, 0.717) is 4.83 Å². The molecule has 1 atom stereocenters. The highest BCUT2D eigenvalue weighted by atomic mass is 79.9. The lowest BCUT2D eigenvalue weighted by Gasteiger charge is -2.10. The van der Waals surface area contributed by atoms with Crippen molar-refractivity contribution in [1.82, 2.24) is 5.32 Å². The SMILES string of the molecule is CCC(Br)CCNC(=O)CCC1CCCC1. The van der Waals surface area contributed by atoms with Crippen LogP contribution in [0.15, 0.2) is 0 Å². The molecule has 1 fully saturated rings. The van der Waals surface area contributed by atoms with Gasteiger partial charge in [-0.3, -0.25) is 4.79 Å². The van der Waals surface area contributed by atoms with Crippen LogP contribution < -0.4 is 5.32 Å². The van der Waals surface area contributed by atoms with Gasteiger partial charge in [0.05, 0.1) is 0 Å². The third kappa shape index (κ3) is 5.88. The van der Waals surface area contributed by atoms with E-state index in [1.54, 1.807) is 0 Å². The van der Waals surface area contributed by atoms with Crippen LogP contribution in [-0.4, -0.2) is 17.3 Å². The maximum Gasteiger partial charge on any atom is 0.220 e. The van der Waals surface area contributed by atoms with Gasteiger partial charge in [-0.15, -0.1) is 0 Å². The molecule has 1 aliphatic carbocycles. The molecule has 0 aromatic carbocycles. The summed E-state index contributed by atoms with van der Waals surface area (Å²) < 4.78 is 0. The van der Waals surface area contributed by atoms with Gasteiger partial charge in [-0.2, -0.15) is 0 Å². The predicted octanol–water partition coefficient (Wildman–Crippen LogP) is 3.64. The fourth-order valence-electron chi connectivity index (χ4n) is 2.29. The summed E-state index contributed by atoms with van der Waals surface area (Å²) in [6.07, 6.45) is 9.39. The number of carbonyl (C=O) groups excluding carboxylic acids is 1. The Morgan fingerprint density at radius 3 is 2.75 bits per heavy atom. The lowest BCUT2D eigenvalue weighted by atomic mass is 10.0. The van der Waals surface area contributed by atoms with Crippen LogP contribution in [0.3, 0.4) is 0 Å². The second-order valence-electron chi connectivity index (χ2n) is 4.83. The number of rotatable bonds is 7. The zero-order valence-corrected chi connectivity index (χ0v) is 11.9. The van der Waals surface area contributed by atoms with Gasteiger partial charge in [-0.05, 0) is 25.2 Å². The maximum absolute atomic E-state index is 11.5. The van der Waals surface area contributed by atoms with Gasteiger partial charge >= 0.3 is 0 Å². The van der Waals surface area contributed by atoms with E-state index >= 15 is 0 Å². The van der Waals surface area contributed by atoms with E-state index in [1.807, 2.05) is 0 Å². The summed E-state index contributed by atoms with van der Waals surface area (Å²) >= 11 is 3.57. The van der Waals surface area contributed by atoms with E-state index in [9.17, 15) is 4.79 Å². The van der Waals surface area contributed by atoms with Crippen LogP contribution in [0.5, 0.6) is 0 Å². The van der Waals surface area contributed by atoms with Gasteiger partial charge in [0.2, 0.25) is 5.91 Å². The summed E-state index contributed by atoms with van der Waals surface area (Å²) in [6.45, 7) is 2.97. The average Bonchev–Trinajstić information content (AvgIpc) is 2.79. The molecule has 0 radical (unpaired) electrons. The molecule has 0 aliphatic heterocycles. The van der Waals surface area contributed by atoms with Crippen molar-refractivity contribution in [3.8, 4) is 0 Å². The topological polar surface area (TPSA) is 29.1 Å². The second-order valence-corrected chi connectivity index (χ2v) is 6.13. The minimum Gasteiger partial charge on any atom is -0.356 e. The first-order valence-electron chi connectivity index (χ1n) is 6.63. The molecular formula is C13H24BrNO. The van der Waals surface area contributed by atoms with Crippen molar-refractivity contribution in [2.45, 2.75) is 63.1 Å². The molecule has 0 aromatic rings. The molecule has 1 N–H and O–H groups in total. The Morgan fingerprint density at radius 2 is 2.12 bits per heavy atom. The predicted molar refractivity (Wildman–Crippen MR) is 71.8 cm³/mol. The molecule has 0 saturated heterocycles. The van der Waals surface area contributed by atoms with Crippen LogP contribution in [0.1, 0.15) is 58.3 Å². The molecule has 1 amide bonds. The second kappa shape index (κ2) is 8.10. The summed E-state index contributed by atoms with van der Waals surface area (Å²) in [5.74, 6) is 1.06. The Kier molecular flexibility index (Phi) is 7.10. The molecule has 1 saturated carbocycles. The summed E-state index contributed by atoms with van der Waals surface area (Å²) in [5, 5.41) is 3.00. The normalized spacial score (nSPS) is 18.6. The summed E-state index contributed by atoms with van der Waals surface area (Å²) in [5.41, 5.74) is 0.